The van der Waals surface area contributed by atoms with Gasteiger partial charge in [0.15, 0.2) is 5.79 Å². The second-order valence-corrected chi connectivity index (χ2v) is 8.23. The Morgan fingerprint density at radius 2 is 1.82 bits per heavy atom. The Morgan fingerprint density at radius 3 is 2.43 bits per heavy atom. The van der Waals surface area contributed by atoms with E-state index in [0.29, 0.717) is 17.9 Å². The van der Waals surface area contributed by atoms with Crippen LogP contribution in [0.25, 0.3) is 0 Å². The summed E-state index contributed by atoms with van der Waals surface area (Å²) in [5.74, 6) is -0.641. The average molecular weight is 393 g/mol. The summed E-state index contributed by atoms with van der Waals surface area (Å²) in [6.45, 7) is 10.2. The number of benzene rings is 1. The van der Waals surface area contributed by atoms with E-state index < -0.39 is 5.79 Å². The number of carbonyl (C=O) groups is 1. The van der Waals surface area contributed by atoms with E-state index in [-0.39, 0.29) is 30.4 Å². The van der Waals surface area contributed by atoms with Crippen LogP contribution in [0, 0.1) is 5.92 Å². The minimum absolute atomic E-state index is 0.0799. The Bertz CT molecular complexity index is 600. The van der Waals surface area contributed by atoms with Gasteiger partial charge in [-0.1, -0.05) is 38.5 Å². The van der Waals surface area contributed by atoms with Crippen molar-refractivity contribution in [2.75, 3.05) is 7.11 Å². The fourth-order valence-electron chi connectivity index (χ4n) is 3.65. The van der Waals surface area contributed by atoms with Crippen molar-refractivity contribution in [1.29, 1.82) is 0 Å². The molecule has 0 N–H and O–H groups in total. The molecule has 0 amide bonds. The molecule has 5 atom stereocenters. The summed E-state index contributed by atoms with van der Waals surface area (Å²) in [6, 6.07) is 9.11. The highest BCUT2D eigenvalue weighted by atomic mass is 16.8. The molecule has 158 valence electrons. The predicted molar refractivity (Wildman–Crippen MR) is 109 cm³/mol. The van der Waals surface area contributed by atoms with Crippen LogP contribution in [0.5, 0.6) is 0 Å². The zero-order valence-electron chi connectivity index (χ0n) is 18.1. The van der Waals surface area contributed by atoms with Gasteiger partial charge in [-0.3, -0.25) is 0 Å². The molecule has 1 aromatic rings. The highest BCUT2D eigenvalue weighted by molar-refractivity contribution is 5.89. The van der Waals surface area contributed by atoms with Gasteiger partial charge in [0.25, 0.3) is 0 Å². The summed E-state index contributed by atoms with van der Waals surface area (Å²) >= 11 is 0. The SMILES string of the molecule is CCCC1OC(C)(C)OC1C(CCC(C)C(C)OC)OC(=O)c1ccccc1. The summed E-state index contributed by atoms with van der Waals surface area (Å²) < 4.78 is 23.7. The van der Waals surface area contributed by atoms with E-state index >= 15 is 0 Å². The third-order valence-electron chi connectivity index (χ3n) is 5.51. The van der Waals surface area contributed by atoms with E-state index in [2.05, 4.69) is 20.8 Å². The Balaban J connectivity index is 2.16. The topological polar surface area (TPSA) is 54.0 Å². The van der Waals surface area contributed by atoms with Gasteiger partial charge in [-0.15, -0.1) is 0 Å². The summed E-state index contributed by atoms with van der Waals surface area (Å²) in [5.41, 5.74) is 0.552. The molecule has 0 saturated carbocycles. The second kappa shape index (κ2) is 10.4. The monoisotopic (exact) mass is 392 g/mol. The normalized spacial score (nSPS) is 24.5. The van der Waals surface area contributed by atoms with E-state index in [1.807, 2.05) is 32.0 Å². The van der Waals surface area contributed by atoms with Gasteiger partial charge >= 0.3 is 5.97 Å². The zero-order valence-corrected chi connectivity index (χ0v) is 18.1. The van der Waals surface area contributed by atoms with Gasteiger partial charge in [0.05, 0.1) is 17.8 Å². The molecule has 1 aliphatic heterocycles. The molecule has 5 nitrogen and oxygen atoms in total. The maximum atomic E-state index is 12.7. The molecule has 5 heteroatoms. The smallest absolute Gasteiger partial charge is 0.338 e. The van der Waals surface area contributed by atoms with Crippen LogP contribution in [0.1, 0.15) is 70.7 Å². The summed E-state index contributed by atoms with van der Waals surface area (Å²) in [6.07, 6.45) is 2.87. The van der Waals surface area contributed by atoms with Gasteiger partial charge in [0.2, 0.25) is 0 Å². The van der Waals surface area contributed by atoms with Crippen LogP contribution in [-0.2, 0) is 18.9 Å². The average Bonchev–Trinajstić information content (AvgIpc) is 2.99. The molecule has 5 unspecified atom stereocenters. The molecule has 1 aliphatic rings. The lowest BCUT2D eigenvalue weighted by Crippen LogP contribution is -2.39. The van der Waals surface area contributed by atoms with Gasteiger partial charge in [-0.25, -0.2) is 4.79 Å². The second-order valence-electron chi connectivity index (χ2n) is 8.23. The van der Waals surface area contributed by atoms with Gasteiger partial charge < -0.3 is 18.9 Å². The molecule has 0 aliphatic carbocycles. The van der Waals surface area contributed by atoms with E-state index in [1.165, 1.54) is 0 Å². The minimum atomic E-state index is -0.673. The van der Waals surface area contributed by atoms with E-state index in [4.69, 9.17) is 18.9 Å². The first-order valence-corrected chi connectivity index (χ1v) is 10.4. The molecule has 1 heterocycles. The third kappa shape index (κ3) is 6.29. The molecule has 1 saturated heterocycles. The number of hydrogen-bond acceptors (Lipinski definition) is 5. The van der Waals surface area contributed by atoms with E-state index in [9.17, 15) is 4.79 Å². The predicted octanol–water partition coefficient (Wildman–Crippen LogP) is 4.98. The van der Waals surface area contributed by atoms with E-state index in [1.54, 1.807) is 19.2 Å². The first-order chi connectivity index (χ1) is 13.3. The molecule has 0 bridgehead atoms. The third-order valence-corrected chi connectivity index (χ3v) is 5.51. The number of carbonyl (C=O) groups excluding carboxylic acids is 1. The molecule has 0 spiro atoms. The van der Waals surface area contributed by atoms with Crippen LogP contribution in [0.4, 0.5) is 0 Å². The van der Waals surface area contributed by atoms with E-state index in [0.717, 1.165) is 19.3 Å². The van der Waals surface area contributed by atoms with Crippen molar-refractivity contribution < 1.29 is 23.7 Å². The largest absolute Gasteiger partial charge is 0.456 e. The summed E-state index contributed by atoms with van der Waals surface area (Å²) in [4.78, 5) is 12.7. The Kier molecular flexibility index (Phi) is 8.47. The molecule has 0 radical (unpaired) electrons. The molecule has 2 rings (SSSR count). The number of esters is 1. The Labute approximate surface area is 169 Å². The van der Waals surface area contributed by atoms with Crippen LogP contribution < -0.4 is 0 Å². The maximum absolute atomic E-state index is 12.7. The lowest BCUT2D eigenvalue weighted by Gasteiger charge is -2.28. The number of ether oxygens (including phenoxy) is 4. The highest BCUT2D eigenvalue weighted by Crippen LogP contribution is 2.35. The molecular weight excluding hydrogens is 356 g/mol. The molecular formula is C23H36O5. The van der Waals surface area contributed by atoms with Gasteiger partial charge in [0.1, 0.15) is 12.2 Å². The van der Waals surface area contributed by atoms with Crippen LogP contribution >= 0.6 is 0 Å². The quantitative estimate of drug-likeness (QED) is 0.526. The number of rotatable bonds is 10. The first-order valence-electron chi connectivity index (χ1n) is 10.4. The summed E-state index contributed by atoms with van der Waals surface area (Å²) in [7, 11) is 1.72. The molecule has 0 aromatic heterocycles. The van der Waals surface area contributed by atoms with Crippen LogP contribution in [0.15, 0.2) is 30.3 Å². The zero-order chi connectivity index (χ0) is 20.7. The Morgan fingerprint density at radius 1 is 1.14 bits per heavy atom. The van der Waals surface area contributed by atoms with Crippen molar-refractivity contribution >= 4 is 5.97 Å². The molecule has 1 aromatic carbocycles. The van der Waals surface area contributed by atoms with Crippen molar-refractivity contribution in [3.8, 4) is 0 Å². The highest BCUT2D eigenvalue weighted by Gasteiger charge is 2.46. The Hall–Kier alpha value is -1.43. The standard InChI is InChI=1S/C23H36O5/c1-7-11-20-21(28-23(4,5)27-20)19(15-14-16(2)17(3)25-6)26-22(24)18-12-9-8-10-13-18/h8-10,12-13,16-17,19-21H,7,11,14-15H2,1-6H3. The van der Waals surface area contributed by atoms with Crippen molar-refractivity contribution in [1.82, 2.24) is 0 Å². The lowest BCUT2D eigenvalue weighted by atomic mass is 9.93. The number of methoxy groups -OCH3 is 1. The van der Waals surface area contributed by atoms with Gasteiger partial charge in [-0.2, -0.15) is 0 Å². The van der Waals surface area contributed by atoms with Crippen molar-refractivity contribution in [3.05, 3.63) is 35.9 Å². The fraction of sp³-hybridized carbons (Fsp3) is 0.696. The van der Waals surface area contributed by atoms with Gasteiger partial charge in [0, 0.05) is 7.11 Å². The first kappa shape index (κ1) is 22.9. The molecule has 28 heavy (non-hydrogen) atoms. The van der Waals surface area contributed by atoms with Crippen LogP contribution in [0.3, 0.4) is 0 Å². The minimum Gasteiger partial charge on any atom is -0.456 e. The van der Waals surface area contributed by atoms with Crippen LogP contribution in [0.2, 0.25) is 0 Å². The van der Waals surface area contributed by atoms with Crippen molar-refractivity contribution in [2.24, 2.45) is 5.92 Å². The number of hydrogen-bond donors (Lipinski definition) is 0. The lowest BCUT2D eigenvalue weighted by molar-refractivity contribution is -0.156. The summed E-state index contributed by atoms with van der Waals surface area (Å²) in [5, 5.41) is 0. The fourth-order valence-corrected chi connectivity index (χ4v) is 3.65. The van der Waals surface area contributed by atoms with Crippen LogP contribution in [-0.4, -0.2) is 43.3 Å². The maximum Gasteiger partial charge on any atom is 0.338 e. The van der Waals surface area contributed by atoms with Crippen molar-refractivity contribution in [3.63, 3.8) is 0 Å². The van der Waals surface area contributed by atoms with Crippen molar-refractivity contribution in [2.45, 2.75) is 90.5 Å². The molecule has 1 fully saturated rings. The van der Waals surface area contributed by atoms with Gasteiger partial charge in [-0.05, 0) is 58.1 Å².